The normalized spacial score (nSPS) is 12.0. The Labute approximate surface area is 183 Å². The Balaban J connectivity index is 2.04. The lowest BCUT2D eigenvalue weighted by Crippen LogP contribution is -2.17. The quantitative estimate of drug-likeness (QED) is 0.491. The number of anilines is 2. The summed E-state index contributed by atoms with van der Waals surface area (Å²) in [4.78, 5) is 0.0492. The number of halogens is 2. The van der Waals surface area contributed by atoms with E-state index in [1.165, 1.54) is 30.3 Å². The van der Waals surface area contributed by atoms with E-state index in [1.54, 1.807) is 25.3 Å². The smallest absolute Gasteiger partial charge is 0.271 e. The van der Waals surface area contributed by atoms with Gasteiger partial charge in [0, 0.05) is 0 Å². The molecule has 3 rings (SSSR count). The Morgan fingerprint density at radius 3 is 1.79 bits per heavy atom. The largest absolute Gasteiger partial charge is 0.277 e. The molecule has 0 aliphatic heterocycles. The number of thiophene rings is 1. The maximum Gasteiger partial charge on any atom is 0.271 e. The van der Waals surface area contributed by atoms with Crippen molar-refractivity contribution in [1.82, 2.24) is 0 Å². The SMILES string of the molecule is Cc1cc(C)cc(S(=O)(=O)Nc2cc(Cl)c(Cl)cc2NS(=O)(=O)c2cccs2)c1. The van der Waals surface area contributed by atoms with Crippen LogP contribution < -0.4 is 9.44 Å². The molecule has 0 radical (unpaired) electrons. The zero-order valence-electron chi connectivity index (χ0n) is 15.2. The van der Waals surface area contributed by atoms with E-state index in [9.17, 15) is 16.8 Å². The van der Waals surface area contributed by atoms with E-state index in [4.69, 9.17) is 23.2 Å². The van der Waals surface area contributed by atoms with Crippen LogP contribution in [0.1, 0.15) is 11.1 Å². The van der Waals surface area contributed by atoms with Crippen molar-refractivity contribution in [3.05, 3.63) is 69.0 Å². The molecule has 1 aromatic heterocycles. The van der Waals surface area contributed by atoms with E-state index in [-0.39, 0.29) is 30.5 Å². The van der Waals surface area contributed by atoms with Crippen LogP contribution in [-0.2, 0) is 20.0 Å². The number of hydrogen-bond acceptors (Lipinski definition) is 5. The van der Waals surface area contributed by atoms with E-state index < -0.39 is 20.0 Å². The fraction of sp³-hybridized carbons (Fsp3) is 0.111. The highest BCUT2D eigenvalue weighted by molar-refractivity contribution is 7.94. The molecule has 0 amide bonds. The lowest BCUT2D eigenvalue weighted by Gasteiger charge is -2.16. The molecule has 0 spiro atoms. The van der Waals surface area contributed by atoms with Gasteiger partial charge in [0.2, 0.25) is 0 Å². The maximum atomic E-state index is 12.9. The molecule has 2 N–H and O–H groups in total. The van der Waals surface area contributed by atoms with E-state index in [0.29, 0.717) is 0 Å². The Kier molecular flexibility index (Phi) is 6.16. The number of benzene rings is 2. The fourth-order valence-electron chi connectivity index (χ4n) is 2.62. The molecule has 2 aromatic carbocycles. The summed E-state index contributed by atoms with van der Waals surface area (Å²) in [6, 6.07) is 10.4. The standard InChI is InChI=1S/C18H16Cl2N2O4S3/c1-11-6-12(2)8-13(7-11)28(23,24)21-16-9-14(19)15(20)10-17(16)22-29(25,26)18-4-3-5-27-18/h3-10,21-22H,1-2H3. The second-order valence-corrected chi connectivity index (χ2v) is 11.6. The van der Waals surface area contributed by atoms with Crippen LogP contribution in [0, 0.1) is 13.8 Å². The first-order valence-electron chi connectivity index (χ1n) is 8.14. The summed E-state index contributed by atoms with van der Waals surface area (Å²) in [5.74, 6) is 0. The van der Waals surface area contributed by atoms with E-state index in [0.717, 1.165) is 22.5 Å². The van der Waals surface area contributed by atoms with Gasteiger partial charge in [0.15, 0.2) is 0 Å². The van der Waals surface area contributed by atoms with Crippen LogP contribution in [0.5, 0.6) is 0 Å². The van der Waals surface area contributed by atoms with Crippen molar-refractivity contribution in [1.29, 1.82) is 0 Å². The van der Waals surface area contributed by atoms with Gasteiger partial charge in [0.1, 0.15) is 4.21 Å². The molecule has 1 heterocycles. The van der Waals surface area contributed by atoms with E-state index in [1.807, 2.05) is 6.07 Å². The molecule has 0 bridgehead atoms. The van der Waals surface area contributed by atoms with Crippen LogP contribution in [0.15, 0.2) is 56.9 Å². The molecular weight excluding hydrogens is 475 g/mol. The average molecular weight is 491 g/mol. The number of sulfonamides is 2. The first-order chi connectivity index (χ1) is 13.5. The number of hydrogen-bond donors (Lipinski definition) is 2. The third kappa shape index (κ3) is 5.04. The van der Waals surface area contributed by atoms with Crippen LogP contribution in [0.2, 0.25) is 10.0 Å². The highest BCUT2D eigenvalue weighted by Gasteiger charge is 2.22. The molecule has 6 nitrogen and oxygen atoms in total. The van der Waals surface area contributed by atoms with Crippen LogP contribution in [0.3, 0.4) is 0 Å². The summed E-state index contributed by atoms with van der Waals surface area (Å²) < 4.78 is 55.8. The van der Waals surface area contributed by atoms with Crippen LogP contribution in [-0.4, -0.2) is 16.8 Å². The second kappa shape index (κ2) is 8.16. The molecule has 0 atom stereocenters. The maximum absolute atomic E-state index is 12.9. The molecule has 0 saturated carbocycles. The molecule has 0 aliphatic carbocycles. The first kappa shape index (κ1) is 21.9. The van der Waals surface area contributed by atoms with Gasteiger partial charge in [0.25, 0.3) is 20.0 Å². The van der Waals surface area contributed by atoms with Gasteiger partial charge < -0.3 is 0 Å². The van der Waals surface area contributed by atoms with Crippen molar-refractivity contribution < 1.29 is 16.8 Å². The van der Waals surface area contributed by atoms with Gasteiger partial charge in [-0.15, -0.1) is 11.3 Å². The molecule has 0 unspecified atom stereocenters. The summed E-state index contributed by atoms with van der Waals surface area (Å²) in [6.07, 6.45) is 0. The topological polar surface area (TPSA) is 92.3 Å². The fourth-order valence-corrected chi connectivity index (χ4v) is 6.27. The summed E-state index contributed by atoms with van der Waals surface area (Å²) in [7, 11) is -7.93. The highest BCUT2D eigenvalue weighted by Crippen LogP contribution is 2.35. The molecule has 154 valence electrons. The van der Waals surface area contributed by atoms with Gasteiger partial charge in [-0.1, -0.05) is 35.3 Å². The average Bonchev–Trinajstić information content (AvgIpc) is 3.13. The van der Waals surface area contributed by atoms with E-state index >= 15 is 0 Å². The zero-order valence-corrected chi connectivity index (χ0v) is 19.2. The first-order valence-corrected chi connectivity index (χ1v) is 12.7. The van der Waals surface area contributed by atoms with Crippen molar-refractivity contribution in [2.75, 3.05) is 9.44 Å². The highest BCUT2D eigenvalue weighted by atomic mass is 35.5. The molecule has 0 fully saturated rings. The third-order valence-electron chi connectivity index (χ3n) is 3.81. The molecule has 11 heteroatoms. The minimum Gasteiger partial charge on any atom is -0.277 e. The summed E-state index contributed by atoms with van der Waals surface area (Å²) >= 11 is 13.1. The lowest BCUT2D eigenvalue weighted by molar-refractivity contribution is 0.599. The van der Waals surface area contributed by atoms with Crippen LogP contribution in [0.25, 0.3) is 0 Å². The minimum atomic E-state index is -4.00. The van der Waals surface area contributed by atoms with Crippen molar-refractivity contribution >= 4 is 66.0 Å². The van der Waals surface area contributed by atoms with Gasteiger partial charge in [-0.3, -0.25) is 9.44 Å². The summed E-state index contributed by atoms with van der Waals surface area (Å²) in [6.45, 7) is 3.57. The minimum absolute atomic E-state index is 0.0410. The summed E-state index contributed by atoms with van der Waals surface area (Å²) in [5.41, 5.74) is 1.47. The van der Waals surface area contributed by atoms with E-state index in [2.05, 4.69) is 9.44 Å². The summed E-state index contributed by atoms with van der Waals surface area (Å²) in [5, 5.41) is 1.77. The lowest BCUT2D eigenvalue weighted by atomic mass is 10.2. The van der Waals surface area contributed by atoms with Gasteiger partial charge >= 0.3 is 0 Å². The number of aryl methyl sites for hydroxylation is 2. The predicted octanol–water partition coefficient (Wildman–Crippen LogP) is 5.27. The van der Waals surface area contributed by atoms with Gasteiger partial charge in [-0.2, -0.15) is 0 Å². The van der Waals surface area contributed by atoms with Crippen molar-refractivity contribution in [3.8, 4) is 0 Å². The van der Waals surface area contributed by atoms with Crippen LogP contribution in [0.4, 0.5) is 11.4 Å². The Bertz CT molecular complexity index is 1250. The zero-order chi connectivity index (χ0) is 21.4. The molecule has 29 heavy (non-hydrogen) atoms. The number of nitrogens with one attached hydrogen (secondary N) is 2. The molecule has 3 aromatic rings. The Hall–Kier alpha value is -1.78. The Morgan fingerprint density at radius 2 is 1.31 bits per heavy atom. The third-order valence-corrected chi connectivity index (χ3v) is 8.64. The molecular formula is C18H16Cl2N2O4S3. The van der Waals surface area contributed by atoms with Gasteiger partial charge in [-0.05, 0) is 60.7 Å². The van der Waals surface area contributed by atoms with Crippen molar-refractivity contribution in [2.45, 2.75) is 23.0 Å². The van der Waals surface area contributed by atoms with Crippen molar-refractivity contribution in [3.63, 3.8) is 0 Å². The number of rotatable bonds is 6. The predicted molar refractivity (Wildman–Crippen MR) is 118 cm³/mol. The Morgan fingerprint density at radius 1 is 0.793 bits per heavy atom. The molecule has 0 saturated heterocycles. The van der Waals surface area contributed by atoms with Crippen LogP contribution >= 0.6 is 34.5 Å². The second-order valence-electron chi connectivity index (χ2n) is 6.28. The van der Waals surface area contributed by atoms with Gasteiger partial charge in [0.05, 0.1) is 26.3 Å². The molecule has 0 aliphatic rings. The van der Waals surface area contributed by atoms with Gasteiger partial charge in [-0.25, -0.2) is 16.8 Å². The van der Waals surface area contributed by atoms with Crippen molar-refractivity contribution in [2.24, 2.45) is 0 Å². The monoisotopic (exact) mass is 490 g/mol.